The van der Waals surface area contributed by atoms with E-state index in [9.17, 15) is 4.79 Å². The van der Waals surface area contributed by atoms with Gasteiger partial charge in [-0.25, -0.2) is 0 Å². The quantitative estimate of drug-likeness (QED) is 0.439. The Morgan fingerprint density at radius 3 is 1.83 bits per heavy atom. The third-order valence-electron chi connectivity index (χ3n) is 4.79. The van der Waals surface area contributed by atoms with E-state index in [4.69, 9.17) is 18.9 Å². The van der Waals surface area contributed by atoms with Gasteiger partial charge in [0.25, 0.3) is 0 Å². The summed E-state index contributed by atoms with van der Waals surface area (Å²) in [5, 5.41) is 0. The standard InChI is InChI=1S/C25H26O5/c1-16(2)20-15-21(24(28-4)25(29-5)23(20)27-3)22(26)17-11-13-19(14-12-17)30-18-9-7-6-8-10-18/h6-16H,1-5H3. The number of rotatable bonds is 8. The lowest BCUT2D eigenvalue weighted by atomic mass is 9.94. The lowest BCUT2D eigenvalue weighted by Gasteiger charge is -2.20. The normalized spacial score (nSPS) is 10.6. The second-order valence-corrected chi connectivity index (χ2v) is 7.04. The van der Waals surface area contributed by atoms with E-state index in [1.54, 1.807) is 31.4 Å². The molecular formula is C25H26O5. The fourth-order valence-corrected chi connectivity index (χ4v) is 3.29. The van der Waals surface area contributed by atoms with Crippen molar-refractivity contribution in [1.29, 1.82) is 0 Å². The van der Waals surface area contributed by atoms with Gasteiger partial charge in [0.05, 0.1) is 26.9 Å². The van der Waals surface area contributed by atoms with Gasteiger partial charge in [-0.15, -0.1) is 0 Å². The topological polar surface area (TPSA) is 54.0 Å². The molecule has 30 heavy (non-hydrogen) atoms. The predicted molar refractivity (Wildman–Crippen MR) is 117 cm³/mol. The summed E-state index contributed by atoms with van der Waals surface area (Å²) in [5.41, 5.74) is 1.83. The van der Waals surface area contributed by atoms with Crippen LogP contribution in [0.15, 0.2) is 60.7 Å². The van der Waals surface area contributed by atoms with Gasteiger partial charge >= 0.3 is 0 Å². The zero-order valence-electron chi connectivity index (χ0n) is 17.9. The average Bonchev–Trinajstić information content (AvgIpc) is 2.78. The molecule has 5 heteroatoms. The maximum atomic E-state index is 13.3. The number of carbonyl (C=O) groups is 1. The molecular weight excluding hydrogens is 380 g/mol. The van der Waals surface area contributed by atoms with Crippen molar-refractivity contribution in [3.63, 3.8) is 0 Å². The number of carbonyl (C=O) groups excluding carboxylic acids is 1. The van der Waals surface area contributed by atoms with Gasteiger partial charge in [-0.3, -0.25) is 4.79 Å². The van der Waals surface area contributed by atoms with Crippen LogP contribution in [0.4, 0.5) is 0 Å². The van der Waals surface area contributed by atoms with Crippen LogP contribution in [0.3, 0.4) is 0 Å². The summed E-state index contributed by atoms with van der Waals surface area (Å²) in [6, 6.07) is 18.3. The van der Waals surface area contributed by atoms with Crippen LogP contribution in [0.25, 0.3) is 0 Å². The Morgan fingerprint density at radius 2 is 1.30 bits per heavy atom. The Bertz CT molecular complexity index is 1010. The lowest BCUT2D eigenvalue weighted by molar-refractivity contribution is 0.103. The fraction of sp³-hybridized carbons (Fsp3) is 0.240. The molecule has 0 N–H and O–H groups in total. The van der Waals surface area contributed by atoms with Crippen LogP contribution in [0.5, 0.6) is 28.7 Å². The molecule has 0 saturated carbocycles. The smallest absolute Gasteiger partial charge is 0.204 e. The molecule has 0 aliphatic heterocycles. The zero-order valence-corrected chi connectivity index (χ0v) is 17.9. The van der Waals surface area contributed by atoms with Crippen molar-refractivity contribution in [3.05, 3.63) is 77.4 Å². The molecule has 156 valence electrons. The molecule has 0 aliphatic carbocycles. The number of ether oxygens (including phenoxy) is 4. The third-order valence-corrected chi connectivity index (χ3v) is 4.79. The second-order valence-electron chi connectivity index (χ2n) is 7.04. The van der Waals surface area contributed by atoms with Crippen LogP contribution in [-0.4, -0.2) is 27.1 Å². The van der Waals surface area contributed by atoms with Crippen molar-refractivity contribution in [1.82, 2.24) is 0 Å². The molecule has 0 amide bonds. The molecule has 0 heterocycles. The van der Waals surface area contributed by atoms with Crippen molar-refractivity contribution in [2.75, 3.05) is 21.3 Å². The van der Waals surface area contributed by atoms with Crippen molar-refractivity contribution in [3.8, 4) is 28.7 Å². The molecule has 0 aromatic heterocycles. The average molecular weight is 406 g/mol. The van der Waals surface area contributed by atoms with Gasteiger partial charge in [0, 0.05) is 11.1 Å². The van der Waals surface area contributed by atoms with E-state index in [0.717, 1.165) is 11.3 Å². The number of hydrogen-bond donors (Lipinski definition) is 0. The molecule has 0 atom stereocenters. The molecule has 0 bridgehead atoms. The molecule has 0 unspecified atom stereocenters. The minimum Gasteiger partial charge on any atom is -0.492 e. The maximum absolute atomic E-state index is 13.3. The first-order valence-electron chi connectivity index (χ1n) is 9.70. The van der Waals surface area contributed by atoms with E-state index in [1.165, 1.54) is 14.2 Å². The number of para-hydroxylation sites is 1. The first-order chi connectivity index (χ1) is 14.5. The first kappa shape index (κ1) is 21.2. The molecule has 0 spiro atoms. The SMILES string of the molecule is COc1c(C(=O)c2ccc(Oc3ccccc3)cc2)cc(C(C)C)c(OC)c1OC. The summed E-state index contributed by atoms with van der Waals surface area (Å²) in [6.45, 7) is 4.07. The number of methoxy groups -OCH3 is 3. The lowest BCUT2D eigenvalue weighted by Crippen LogP contribution is -2.09. The van der Waals surface area contributed by atoms with Crippen LogP contribution in [0.1, 0.15) is 41.3 Å². The van der Waals surface area contributed by atoms with Crippen LogP contribution in [-0.2, 0) is 0 Å². The largest absolute Gasteiger partial charge is 0.492 e. The summed E-state index contributed by atoms with van der Waals surface area (Å²) in [7, 11) is 4.63. The Labute approximate surface area is 177 Å². The summed E-state index contributed by atoms with van der Waals surface area (Å²) < 4.78 is 22.4. The van der Waals surface area contributed by atoms with Crippen molar-refractivity contribution >= 4 is 5.78 Å². The van der Waals surface area contributed by atoms with Crippen molar-refractivity contribution in [2.24, 2.45) is 0 Å². The van der Waals surface area contributed by atoms with Gasteiger partial charge in [-0.2, -0.15) is 0 Å². The highest BCUT2D eigenvalue weighted by Gasteiger charge is 2.26. The molecule has 5 nitrogen and oxygen atoms in total. The molecule has 0 aliphatic rings. The van der Waals surface area contributed by atoms with E-state index < -0.39 is 0 Å². The maximum Gasteiger partial charge on any atom is 0.204 e. The van der Waals surface area contributed by atoms with Gasteiger partial charge in [0.1, 0.15) is 11.5 Å². The van der Waals surface area contributed by atoms with E-state index in [1.807, 2.05) is 50.2 Å². The van der Waals surface area contributed by atoms with Crippen molar-refractivity contribution < 1.29 is 23.7 Å². The number of hydrogen-bond acceptors (Lipinski definition) is 5. The van der Waals surface area contributed by atoms with Crippen LogP contribution >= 0.6 is 0 Å². The van der Waals surface area contributed by atoms with Crippen LogP contribution in [0, 0.1) is 0 Å². The van der Waals surface area contributed by atoms with Gasteiger partial charge in [-0.05, 0) is 48.4 Å². The minimum atomic E-state index is -0.166. The predicted octanol–water partition coefficient (Wildman–Crippen LogP) is 5.86. The van der Waals surface area contributed by atoms with E-state index in [-0.39, 0.29) is 11.7 Å². The molecule has 0 saturated heterocycles. The highest BCUT2D eigenvalue weighted by molar-refractivity contribution is 6.11. The van der Waals surface area contributed by atoms with Gasteiger partial charge < -0.3 is 18.9 Å². The summed E-state index contributed by atoms with van der Waals surface area (Å²) in [6.07, 6.45) is 0. The third kappa shape index (κ3) is 4.25. The fourth-order valence-electron chi connectivity index (χ4n) is 3.29. The Kier molecular flexibility index (Phi) is 6.62. The molecule has 0 fully saturated rings. The first-order valence-corrected chi connectivity index (χ1v) is 9.70. The van der Waals surface area contributed by atoms with Crippen LogP contribution in [0.2, 0.25) is 0 Å². The molecule has 0 radical (unpaired) electrons. The summed E-state index contributed by atoms with van der Waals surface area (Å²) >= 11 is 0. The Balaban J connectivity index is 1.98. The zero-order chi connectivity index (χ0) is 21.7. The van der Waals surface area contributed by atoms with Gasteiger partial charge in [0.15, 0.2) is 17.3 Å². The Hall–Kier alpha value is -3.47. The second kappa shape index (κ2) is 9.35. The van der Waals surface area contributed by atoms with Crippen molar-refractivity contribution in [2.45, 2.75) is 19.8 Å². The molecule has 3 rings (SSSR count). The Morgan fingerprint density at radius 1 is 0.733 bits per heavy atom. The monoisotopic (exact) mass is 406 g/mol. The van der Waals surface area contributed by atoms with E-state index in [0.29, 0.717) is 34.1 Å². The highest BCUT2D eigenvalue weighted by Crippen LogP contribution is 2.45. The molecule has 3 aromatic rings. The molecule has 3 aromatic carbocycles. The minimum absolute atomic E-state index is 0.132. The van der Waals surface area contributed by atoms with Crippen LogP contribution < -0.4 is 18.9 Å². The highest BCUT2D eigenvalue weighted by atomic mass is 16.5. The summed E-state index contributed by atoms with van der Waals surface area (Å²) in [5.74, 6) is 2.70. The van der Waals surface area contributed by atoms with Gasteiger partial charge in [0.2, 0.25) is 5.75 Å². The van der Waals surface area contributed by atoms with Gasteiger partial charge in [-0.1, -0.05) is 32.0 Å². The van der Waals surface area contributed by atoms with E-state index >= 15 is 0 Å². The van der Waals surface area contributed by atoms with E-state index in [2.05, 4.69) is 0 Å². The number of benzene rings is 3. The number of ketones is 1. The summed E-state index contributed by atoms with van der Waals surface area (Å²) in [4.78, 5) is 13.3.